The van der Waals surface area contributed by atoms with Gasteiger partial charge in [0, 0.05) is 35.8 Å². The molecule has 0 spiro atoms. The number of hydrogen-bond acceptors (Lipinski definition) is 5. The Bertz CT molecular complexity index is 1460. The summed E-state index contributed by atoms with van der Waals surface area (Å²) in [4.78, 5) is 25.5. The SMILES string of the molecule is COc1ccc2c(c1)c(/C=C1\Oc3cc(OC(=O)Cc4ccccc4)cc(C)c3C1=O)cn2C. The van der Waals surface area contributed by atoms with E-state index in [1.807, 2.05) is 66.3 Å². The molecule has 0 saturated carbocycles. The molecule has 2 heterocycles. The van der Waals surface area contributed by atoms with Crippen LogP contribution in [0.4, 0.5) is 0 Å². The summed E-state index contributed by atoms with van der Waals surface area (Å²) >= 11 is 0. The monoisotopic (exact) mass is 453 g/mol. The van der Waals surface area contributed by atoms with E-state index in [1.54, 1.807) is 32.2 Å². The van der Waals surface area contributed by atoms with Crippen molar-refractivity contribution in [3.63, 3.8) is 0 Å². The zero-order chi connectivity index (χ0) is 23.8. The first-order valence-corrected chi connectivity index (χ1v) is 10.9. The molecule has 5 rings (SSSR count). The minimum Gasteiger partial charge on any atom is -0.497 e. The van der Waals surface area contributed by atoms with Gasteiger partial charge >= 0.3 is 5.97 Å². The maximum absolute atomic E-state index is 13.1. The molecule has 6 nitrogen and oxygen atoms in total. The molecule has 0 bridgehead atoms. The number of aromatic nitrogens is 1. The molecule has 170 valence electrons. The number of Topliss-reactive ketones (excluding diaryl/α,β-unsaturated/α-hetero) is 1. The fourth-order valence-corrected chi connectivity index (χ4v) is 4.25. The van der Waals surface area contributed by atoms with Gasteiger partial charge in [-0.25, -0.2) is 0 Å². The first kappa shape index (κ1) is 21.5. The number of ether oxygens (including phenoxy) is 3. The fourth-order valence-electron chi connectivity index (χ4n) is 4.25. The summed E-state index contributed by atoms with van der Waals surface area (Å²) < 4.78 is 18.8. The Morgan fingerprint density at radius 1 is 1.06 bits per heavy atom. The summed E-state index contributed by atoms with van der Waals surface area (Å²) in [6.45, 7) is 1.81. The molecule has 0 aliphatic carbocycles. The van der Waals surface area contributed by atoms with Crippen LogP contribution in [0.15, 0.2) is 72.6 Å². The number of rotatable bonds is 5. The summed E-state index contributed by atoms with van der Waals surface area (Å²) in [6.07, 6.45) is 3.84. The average Bonchev–Trinajstić information content (AvgIpc) is 3.30. The number of fused-ring (bicyclic) bond motifs is 2. The van der Waals surface area contributed by atoms with Crippen molar-refractivity contribution < 1.29 is 23.8 Å². The number of benzene rings is 3. The van der Waals surface area contributed by atoms with Gasteiger partial charge < -0.3 is 18.8 Å². The number of esters is 1. The molecule has 1 aliphatic rings. The van der Waals surface area contributed by atoms with Gasteiger partial charge in [-0.05, 0) is 48.4 Å². The van der Waals surface area contributed by atoms with E-state index < -0.39 is 0 Å². The van der Waals surface area contributed by atoms with Gasteiger partial charge in [-0.2, -0.15) is 0 Å². The third kappa shape index (κ3) is 3.94. The lowest BCUT2D eigenvalue weighted by Gasteiger charge is -2.08. The first-order chi connectivity index (χ1) is 16.4. The highest BCUT2D eigenvalue weighted by Crippen LogP contribution is 2.38. The van der Waals surface area contributed by atoms with Gasteiger partial charge in [0.05, 0.1) is 19.1 Å². The Morgan fingerprint density at radius 2 is 1.85 bits per heavy atom. The molecule has 34 heavy (non-hydrogen) atoms. The molecular formula is C28H23NO5. The molecule has 0 radical (unpaired) electrons. The lowest BCUT2D eigenvalue weighted by Crippen LogP contribution is -2.11. The quantitative estimate of drug-likeness (QED) is 0.234. The Hall–Kier alpha value is -4.32. The lowest BCUT2D eigenvalue weighted by molar-refractivity contribution is -0.133. The van der Waals surface area contributed by atoms with Crippen LogP contribution in [-0.4, -0.2) is 23.4 Å². The lowest BCUT2D eigenvalue weighted by atomic mass is 10.0. The van der Waals surface area contributed by atoms with Crippen LogP contribution in [0.5, 0.6) is 17.2 Å². The predicted octanol–water partition coefficient (Wildman–Crippen LogP) is 5.26. The number of carbonyl (C=O) groups excluding carboxylic acids is 2. The molecule has 0 N–H and O–H groups in total. The number of hydrogen-bond donors (Lipinski definition) is 0. The van der Waals surface area contributed by atoms with Gasteiger partial charge in [0.15, 0.2) is 5.76 Å². The van der Waals surface area contributed by atoms with E-state index in [0.717, 1.165) is 27.8 Å². The van der Waals surface area contributed by atoms with Crippen molar-refractivity contribution in [3.8, 4) is 17.2 Å². The third-order valence-corrected chi connectivity index (χ3v) is 5.88. The number of aryl methyl sites for hydroxylation is 2. The van der Waals surface area contributed by atoms with Crippen LogP contribution in [-0.2, 0) is 18.3 Å². The topological polar surface area (TPSA) is 66.8 Å². The number of ketones is 1. The van der Waals surface area contributed by atoms with Crippen LogP contribution in [0, 0.1) is 6.92 Å². The summed E-state index contributed by atoms with van der Waals surface area (Å²) in [5.74, 6) is 1.11. The van der Waals surface area contributed by atoms with E-state index >= 15 is 0 Å². The minimum absolute atomic E-state index is 0.159. The van der Waals surface area contributed by atoms with Gasteiger partial charge in [0.2, 0.25) is 5.78 Å². The molecule has 6 heteroatoms. The standard InChI is InChI=1S/C28H23NO5/c1-17-11-21(33-26(30)12-18-7-5-4-6-8-18)15-24-27(17)28(31)25(34-24)13-19-16-29(2)23-10-9-20(32-3)14-22(19)23/h4-11,13-16H,12H2,1-3H3/b25-13-. The maximum atomic E-state index is 13.1. The molecule has 0 atom stereocenters. The van der Waals surface area contributed by atoms with Crippen LogP contribution < -0.4 is 14.2 Å². The number of carbonyl (C=O) groups is 2. The minimum atomic E-state index is -0.379. The smallest absolute Gasteiger partial charge is 0.315 e. The molecule has 3 aromatic carbocycles. The van der Waals surface area contributed by atoms with E-state index in [-0.39, 0.29) is 23.9 Å². The van der Waals surface area contributed by atoms with Crippen molar-refractivity contribution >= 4 is 28.7 Å². The van der Waals surface area contributed by atoms with Gasteiger partial charge in [0.25, 0.3) is 0 Å². The highest BCUT2D eigenvalue weighted by atomic mass is 16.5. The van der Waals surface area contributed by atoms with Crippen molar-refractivity contribution in [1.82, 2.24) is 4.57 Å². The van der Waals surface area contributed by atoms with E-state index in [2.05, 4.69) is 0 Å². The molecule has 4 aromatic rings. The average molecular weight is 453 g/mol. The van der Waals surface area contributed by atoms with Gasteiger partial charge in [-0.3, -0.25) is 9.59 Å². The molecule has 1 aromatic heterocycles. The van der Waals surface area contributed by atoms with Crippen molar-refractivity contribution in [3.05, 3.63) is 94.9 Å². The Morgan fingerprint density at radius 3 is 2.62 bits per heavy atom. The van der Waals surface area contributed by atoms with Crippen molar-refractivity contribution in [1.29, 1.82) is 0 Å². The number of allylic oxidation sites excluding steroid dienone is 1. The van der Waals surface area contributed by atoms with Crippen LogP contribution in [0.3, 0.4) is 0 Å². The van der Waals surface area contributed by atoms with Gasteiger partial charge in [0.1, 0.15) is 17.2 Å². The van der Waals surface area contributed by atoms with Crippen LogP contribution in [0.25, 0.3) is 17.0 Å². The van der Waals surface area contributed by atoms with E-state index in [0.29, 0.717) is 22.6 Å². The number of nitrogens with zero attached hydrogens (tertiary/aromatic N) is 1. The normalized spacial score (nSPS) is 13.7. The highest BCUT2D eigenvalue weighted by Gasteiger charge is 2.30. The maximum Gasteiger partial charge on any atom is 0.315 e. The number of methoxy groups -OCH3 is 1. The second-order valence-corrected chi connectivity index (χ2v) is 8.27. The second kappa shape index (κ2) is 8.56. The summed E-state index contributed by atoms with van der Waals surface area (Å²) in [7, 11) is 3.57. The largest absolute Gasteiger partial charge is 0.497 e. The zero-order valence-corrected chi connectivity index (χ0v) is 19.1. The Kier molecular flexibility index (Phi) is 5.42. The molecule has 0 unspecified atom stereocenters. The Balaban J connectivity index is 1.42. The van der Waals surface area contributed by atoms with Crippen molar-refractivity contribution in [2.45, 2.75) is 13.3 Å². The summed E-state index contributed by atoms with van der Waals surface area (Å²) in [5.41, 5.74) is 3.90. The molecule has 1 aliphatic heterocycles. The van der Waals surface area contributed by atoms with Crippen LogP contribution >= 0.6 is 0 Å². The molecule has 0 fully saturated rings. The summed E-state index contributed by atoms with van der Waals surface area (Å²) in [5, 5.41) is 0.953. The first-order valence-electron chi connectivity index (χ1n) is 10.9. The molecule has 0 saturated heterocycles. The summed E-state index contributed by atoms with van der Waals surface area (Å²) in [6, 6.07) is 18.5. The van der Waals surface area contributed by atoms with Gasteiger partial charge in [-0.1, -0.05) is 30.3 Å². The van der Waals surface area contributed by atoms with Crippen molar-refractivity contribution in [2.24, 2.45) is 7.05 Å². The highest BCUT2D eigenvalue weighted by molar-refractivity contribution is 6.16. The third-order valence-electron chi connectivity index (χ3n) is 5.88. The fraction of sp³-hybridized carbons (Fsp3) is 0.143. The Labute approximate surface area is 197 Å². The van der Waals surface area contributed by atoms with E-state index in [9.17, 15) is 9.59 Å². The van der Waals surface area contributed by atoms with E-state index in [4.69, 9.17) is 14.2 Å². The van der Waals surface area contributed by atoms with Crippen LogP contribution in [0.1, 0.15) is 27.0 Å². The molecular weight excluding hydrogens is 430 g/mol. The second-order valence-electron chi connectivity index (χ2n) is 8.27. The predicted molar refractivity (Wildman–Crippen MR) is 129 cm³/mol. The zero-order valence-electron chi connectivity index (χ0n) is 19.1. The van der Waals surface area contributed by atoms with Crippen molar-refractivity contribution in [2.75, 3.05) is 7.11 Å². The van der Waals surface area contributed by atoms with Gasteiger partial charge in [-0.15, -0.1) is 0 Å². The van der Waals surface area contributed by atoms with Crippen LogP contribution in [0.2, 0.25) is 0 Å². The van der Waals surface area contributed by atoms with E-state index in [1.165, 1.54) is 0 Å². The molecule has 0 amide bonds.